The second-order valence-electron chi connectivity index (χ2n) is 7.75. The Morgan fingerprint density at radius 2 is 1.81 bits per heavy atom. The number of pyridine rings is 1. The number of carboxylic acids is 2. The third kappa shape index (κ3) is 11.6. The van der Waals surface area contributed by atoms with Gasteiger partial charge in [0.1, 0.15) is 17.7 Å². The van der Waals surface area contributed by atoms with Gasteiger partial charge in [0.2, 0.25) is 0 Å². The third-order valence-electron chi connectivity index (χ3n) is 4.83. The van der Waals surface area contributed by atoms with Crippen LogP contribution in [0.15, 0.2) is 47.7 Å². The molecular weight excluding hydrogens is 486 g/mol. The Bertz CT molecular complexity index is 1080. The SMILES string of the molecule is O=C(O)CCC(NC(=O)N[CH]CCCCNC(=O)c1ccc(N/N=C\c2ccc([18F])cc2)nc1)C(=O)O. The van der Waals surface area contributed by atoms with Crippen molar-refractivity contribution in [3.05, 3.63) is 66.1 Å². The van der Waals surface area contributed by atoms with Crippen LogP contribution in [0.3, 0.4) is 0 Å². The number of hydrogen-bond acceptors (Lipinski definition) is 7. The molecule has 3 amide bonds. The van der Waals surface area contributed by atoms with Crippen LogP contribution in [-0.2, 0) is 9.59 Å². The summed E-state index contributed by atoms with van der Waals surface area (Å²) in [4.78, 5) is 49.7. The Balaban J connectivity index is 1.59. The fourth-order valence-corrected chi connectivity index (χ4v) is 2.88. The second kappa shape index (κ2) is 15.4. The molecule has 197 valence electrons. The normalized spacial score (nSPS) is 11.5. The molecule has 0 fully saturated rings. The van der Waals surface area contributed by atoms with E-state index in [-0.39, 0.29) is 24.6 Å². The second-order valence-corrected chi connectivity index (χ2v) is 7.75. The molecule has 0 saturated heterocycles. The first-order chi connectivity index (χ1) is 17.7. The minimum absolute atomic E-state index is 0.224. The monoisotopic (exact) mass is 514 g/mol. The maximum absolute atomic E-state index is 12.9. The largest absolute Gasteiger partial charge is 0.481 e. The van der Waals surface area contributed by atoms with E-state index in [1.54, 1.807) is 24.3 Å². The van der Waals surface area contributed by atoms with Gasteiger partial charge >= 0.3 is 18.0 Å². The summed E-state index contributed by atoms with van der Waals surface area (Å²) in [5, 5.41) is 29.0. The summed E-state index contributed by atoms with van der Waals surface area (Å²) in [5.74, 6) is -2.67. The van der Waals surface area contributed by atoms with Crippen molar-refractivity contribution in [2.75, 3.05) is 12.0 Å². The number of hydrazone groups is 1. The lowest BCUT2D eigenvalue weighted by molar-refractivity contribution is -0.140. The molecule has 13 heteroatoms. The minimum Gasteiger partial charge on any atom is -0.481 e. The zero-order valence-corrected chi connectivity index (χ0v) is 19.8. The Kier molecular flexibility index (Phi) is 12.0. The molecule has 12 nitrogen and oxygen atoms in total. The van der Waals surface area contributed by atoms with Gasteiger partial charge in [0.25, 0.3) is 5.91 Å². The molecule has 0 spiro atoms. The number of benzene rings is 1. The topological polar surface area (TPSA) is 182 Å². The number of aliphatic carboxylic acids is 2. The van der Waals surface area contributed by atoms with Crippen LogP contribution in [0.1, 0.15) is 48.0 Å². The van der Waals surface area contributed by atoms with Crippen LogP contribution in [-0.4, -0.2) is 57.9 Å². The number of hydrogen-bond donors (Lipinski definition) is 6. The number of amides is 3. The van der Waals surface area contributed by atoms with E-state index in [0.29, 0.717) is 42.8 Å². The van der Waals surface area contributed by atoms with E-state index in [1.807, 2.05) is 0 Å². The van der Waals surface area contributed by atoms with Crippen molar-refractivity contribution in [3.8, 4) is 0 Å². The number of nitrogens with one attached hydrogen (secondary N) is 4. The zero-order valence-electron chi connectivity index (χ0n) is 19.8. The highest BCUT2D eigenvalue weighted by molar-refractivity contribution is 5.94. The van der Waals surface area contributed by atoms with Crippen molar-refractivity contribution in [2.24, 2.45) is 5.10 Å². The first-order valence-corrected chi connectivity index (χ1v) is 11.4. The predicted octanol–water partition coefficient (Wildman–Crippen LogP) is 2.35. The minimum atomic E-state index is -1.32. The Hall–Kier alpha value is -4.55. The molecule has 0 aliphatic rings. The molecule has 0 saturated carbocycles. The van der Waals surface area contributed by atoms with Gasteiger partial charge in [-0.25, -0.2) is 19.0 Å². The molecule has 2 rings (SSSR count). The average Bonchev–Trinajstić information content (AvgIpc) is 2.87. The fraction of sp³-hybridized carbons (Fsp3) is 0.292. The van der Waals surface area contributed by atoms with Gasteiger partial charge in [-0.3, -0.25) is 15.0 Å². The first-order valence-electron chi connectivity index (χ1n) is 11.4. The molecule has 1 aromatic heterocycles. The summed E-state index contributed by atoms with van der Waals surface area (Å²) in [6, 6.07) is 6.97. The molecule has 1 radical (unpaired) electrons. The van der Waals surface area contributed by atoms with Crippen LogP contribution < -0.4 is 21.4 Å². The highest BCUT2D eigenvalue weighted by atomic mass is 18.2. The van der Waals surface area contributed by atoms with Crippen LogP contribution >= 0.6 is 0 Å². The van der Waals surface area contributed by atoms with Crippen molar-refractivity contribution in [1.82, 2.24) is 20.9 Å². The van der Waals surface area contributed by atoms with Crippen LogP contribution in [0.5, 0.6) is 0 Å². The molecule has 37 heavy (non-hydrogen) atoms. The smallest absolute Gasteiger partial charge is 0.326 e. The van der Waals surface area contributed by atoms with E-state index in [0.717, 1.165) is 0 Å². The van der Waals surface area contributed by atoms with Gasteiger partial charge in [0.05, 0.1) is 18.3 Å². The van der Waals surface area contributed by atoms with E-state index in [2.05, 4.69) is 31.5 Å². The molecule has 0 aliphatic carbocycles. The number of halogens is 1. The maximum atomic E-state index is 12.9. The Morgan fingerprint density at radius 3 is 2.46 bits per heavy atom. The lowest BCUT2D eigenvalue weighted by Crippen LogP contribution is -2.45. The van der Waals surface area contributed by atoms with Crippen LogP contribution in [0.25, 0.3) is 0 Å². The van der Waals surface area contributed by atoms with Crippen molar-refractivity contribution in [1.29, 1.82) is 0 Å². The van der Waals surface area contributed by atoms with Crippen molar-refractivity contribution < 1.29 is 33.8 Å². The molecule has 0 bridgehead atoms. The number of unbranched alkanes of at least 4 members (excludes halogenated alkanes) is 2. The van der Waals surface area contributed by atoms with E-state index in [4.69, 9.17) is 10.2 Å². The average molecular weight is 515 g/mol. The Morgan fingerprint density at radius 1 is 1.05 bits per heavy atom. The van der Waals surface area contributed by atoms with Crippen LogP contribution in [0.2, 0.25) is 0 Å². The molecule has 1 aromatic carbocycles. The van der Waals surface area contributed by atoms with Gasteiger partial charge < -0.3 is 26.2 Å². The van der Waals surface area contributed by atoms with E-state index >= 15 is 0 Å². The third-order valence-corrected chi connectivity index (χ3v) is 4.83. The quantitative estimate of drug-likeness (QED) is 0.119. The summed E-state index contributed by atoms with van der Waals surface area (Å²) in [7, 11) is 0. The van der Waals surface area contributed by atoms with E-state index in [9.17, 15) is 23.6 Å². The number of rotatable bonds is 15. The van der Waals surface area contributed by atoms with Gasteiger partial charge in [0, 0.05) is 19.2 Å². The molecule has 2 aromatic rings. The number of aromatic nitrogens is 1. The fourth-order valence-electron chi connectivity index (χ4n) is 2.88. The lowest BCUT2D eigenvalue weighted by Gasteiger charge is -2.14. The van der Waals surface area contributed by atoms with Crippen molar-refractivity contribution in [3.63, 3.8) is 0 Å². The van der Waals surface area contributed by atoms with Gasteiger partial charge in [-0.05, 0) is 55.5 Å². The van der Waals surface area contributed by atoms with Gasteiger partial charge in [-0.15, -0.1) is 0 Å². The first kappa shape index (κ1) is 28.7. The summed E-state index contributed by atoms with van der Waals surface area (Å²) in [5.41, 5.74) is 3.80. The molecule has 1 atom stereocenters. The molecule has 1 unspecified atom stereocenters. The van der Waals surface area contributed by atoms with Crippen molar-refractivity contribution >= 4 is 35.9 Å². The zero-order chi connectivity index (χ0) is 27.0. The molecule has 0 aliphatic heterocycles. The van der Waals surface area contributed by atoms with Crippen LogP contribution in [0.4, 0.5) is 15.0 Å². The van der Waals surface area contributed by atoms with Gasteiger partial charge in [0.15, 0.2) is 0 Å². The van der Waals surface area contributed by atoms with E-state index < -0.39 is 24.0 Å². The lowest BCUT2D eigenvalue weighted by atomic mass is 10.1. The number of carbonyl (C=O) groups excluding carboxylic acids is 2. The number of carboxylic acid groups (broad SMARTS) is 2. The highest BCUT2D eigenvalue weighted by Gasteiger charge is 2.20. The number of anilines is 1. The standard InChI is InChI=1S/C24H28FN6O6/c25-18-7-4-16(5-8-18)14-29-31-20-10-6-17(15-28-20)22(34)26-12-2-1-3-13-27-24(37)30-19(23(35)36)9-11-21(32)33/h4-8,10,13-15,19H,1-3,9,11-12H2,(H,26,34)(H,28,31)(H,32,33)(H,35,36)(H2,27,30,37)/b29-14-/i25-1. The molecule has 6 N–H and O–H groups in total. The van der Waals surface area contributed by atoms with Gasteiger partial charge in [-0.1, -0.05) is 12.1 Å². The molecular formula is C24H28FN6O6. The summed E-state index contributed by atoms with van der Waals surface area (Å²) in [6.45, 7) is 1.86. The summed E-state index contributed by atoms with van der Waals surface area (Å²) >= 11 is 0. The number of nitrogens with zero attached hydrogens (tertiary/aromatic N) is 2. The number of urea groups is 1. The summed E-state index contributed by atoms with van der Waals surface area (Å²) in [6.07, 6.45) is 4.08. The maximum Gasteiger partial charge on any atom is 0.326 e. The van der Waals surface area contributed by atoms with Crippen LogP contribution in [0, 0.1) is 12.4 Å². The molecule has 1 heterocycles. The summed E-state index contributed by atoms with van der Waals surface area (Å²) < 4.78 is 12.9. The number of carbonyl (C=O) groups is 4. The van der Waals surface area contributed by atoms with E-state index in [1.165, 1.54) is 31.1 Å². The van der Waals surface area contributed by atoms with Gasteiger partial charge in [-0.2, -0.15) is 5.10 Å². The van der Waals surface area contributed by atoms with Crippen molar-refractivity contribution in [2.45, 2.75) is 38.1 Å². The predicted molar refractivity (Wildman–Crippen MR) is 132 cm³/mol. The Labute approximate surface area is 212 Å². The highest BCUT2D eigenvalue weighted by Crippen LogP contribution is 2.06.